The van der Waals surface area contributed by atoms with Gasteiger partial charge in [-0.2, -0.15) is 5.10 Å². The second-order valence-corrected chi connectivity index (χ2v) is 5.11. The Morgan fingerprint density at radius 3 is 2.43 bits per heavy atom. The molecule has 0 saturated heterocycles. The van der Waals surface area contributed by atoms with Gasteiger partial charge < -0.3 is 5.32 Å². The lowest BCUT2D eigenvalue weighted by Crippen LogP contribution is -2.51. The molecule has 1 aromatic carbocycles. The van der Waals surface area contributed by atoms with Crippen LogP contribution in [-0.2, 0) is 0 Å². The van der Waals surface area contributed by atoms with E-state index in [0.29, 0.717) is 16.9 Å². The van der Waals surface area contributed by atoms with Crippen LogP contribution < -0.4 is 21.6 Å². The third-order valence-corrected chi connectivity index (χ3v) is 3.37. The number of rotatable bonds is 1. The maximum Gasteiger partial charge on any atom is 0.231 e. The molecule has 0 spiro atoms. The topological polar surface area (TPSA) is 85.2 Å². The monoisotopic (exact) mass is 377 g/mol. The van der Waals surface area contributed by atoms with Gasteiger partial charge in [-0.3, -0.25) is 15.8 Å². The molecule has 0 fully saturated rings. The summed E-state index contributed by atoms with van der Waals surface area (Å²) >= 11 is 5.90. The van der Waals surface area contributed by atoms with E-state index >= 15 is 0 Å². The molecule has 1 atom stereocenters. The number of benzene rings is 1. The summed E-state index contributed by atoms with van der Waals surface area (Å²) in [5.41, 5.74) is 10.6. The minimum atomic E-state index is -0.0600. The number of aliphatic imine (C=N–C) groups is 2. The zero-order valence-electron chi connectivity index (χ0n) is 12.3. The molecule has 2 aliphatic rings. The van der Waals surface area contributed by atoms with Crippen molar-refractivity contribution in [1.29, 1.82) is 0 Å². The molecule has 3 rings (SSSR count). The maximum absolute atomic E-state index is 5.90. The van der Waals surface area contributed by atoms with Crippen LogP contribution in [0.3, 0.4) is 0 Å². The fraction of sp³-hybridized carbons (Fsp3) is 0.308. The van der Waals surface area contributed by atoms with Crippen molar-refractivity contribution >= 4 is 54.0 Å². The van der Waals surface area contributed by atoms with Gasteiger partial charge in [-0.05, 0) is 19.1 Å². The molecular weight excluding hydrogens is 361 g/mol. The predicted octanol–water partition coefficient (Wildman–Crippen LogP) is 1.29. The van der Waals surface area contributed by atoms with Gasteiger partial charge in [-0.25, -0.2) is 10.4 Å². The van der Waals surface area contributed by atoms with Gasteiger partial charge in [0.2, 0.25) is 11.9 Å². The lowest BCUT2D eigenvalue weighted by atomic mass is 10.0. The van der Waals surface area contributed by atoms with Crippen LogP contribution in [0.4, 0.5) is 0 Å². The van der Waals surface area contributed by atoms with Crippen molar-refractivity contribution in [2.75, 3.05) is 13.1 Å². The average Bonchev–Trinajstić information content (AvgIpc) is 3.00. The number of hydrazone groups is 1. The van der Waals surface area contributed by atoms with E-state index in [0.717, 1.165) is 24.4 Å². The Morgan fingerprint density at radius 1 is 1.13 bits per heavy atom. The molecule has 10 heteroatoms. The Bertz CT molecular complexity index is 612. The van der Waals surface area contributed by atoms with E-state index < -0.39 is 0 Å². The van der Waals surface area contributed by atoms with Crippen molar-refractivity contribution in [2.45, 2.75) is 13.0 Å². The van der Waals surface area contributed by atoms with Crippen molar-refractivity contribution in [3.8, 4) is 0 Å². The number of hydrogen-bond acceptors (Lipinski definition) is 7. The molecule has 0 radical (unpaired) electrons. The third-order valence-electron chi connectivity index (χ3n) is 3.11. The summed E-state index contributed by atoms with van der Waals surface area (Å²) < 4.78 is 0. The van der Waals surface area contributed by atoms with Crippen LogP contribution >= 0.6 is 36.4 Å². The fourth-order valence-electron chi connectivity index (χ4n) is 2.08. The van der Waals surface area contributed by atoms with Crippen LogP contribution in [0.1, 0.15) is 12.5 Å². The van der Waals surface area contributed by atoms with E-state index in [1.165, 1.54) is 0 Å². The summed E-state index contributed by atoms with van der Waals surface area (Å²) in [6, 6.07) is 7.49. The van der Waals surface area contributed by atoms with E-state index in [-0.39, 0.29) is 30.9 Å². The van der Waals surface area contributed by atoms with Crippen LogP contribution in [-0.4, -0.2) is 36.8 Å². The number of nitrogens with zero attached hydrogens (tertiary/aromatic N) is 3. The summed E-state index contributed by atoms with van der Waals surface area (Å²) in [6.07, 6.45) is 0. The van der Waals surface area contributed by atoms with Gasteiger partial charge in [0.25, 0.3) is 0 Å². The van der Waals surface area contributed by atoms with Crippen LogP contribution in [0.15, 0.2) is 39.4 Å². The number of nitrogens with one attached hydrogen (secondary N) is 4. The summed E-state index contributed by atoms with van der Waals surface area (Å²) in [5, 5.41) is 8.16. The molecule has 0 bridgehead atoms. The van der Waals surface area contributed by atoms with Gasteiger partial charge >= 0.3 is 0 Å². The number of guanidine groups is 2. The van der Waals surface area contributed by atoms with E-state index in [1.807, 2.05) is 31.2 Å². The Hall–Kier alpha value is -1.70. The highest BCUT2D eigenvalue weighted by molar-refractivity contribution is 6.30. The minimum Gasteiger partial charge on any atom is -0.353 e. The number of halogens is 3. The van der Waals surface area contributed by atoms with Crippen LogP contribution in [0.25, 0.3) is 0 Å². The van der Waals surface area contributed by atoms with Gasteiger partial charge in [0.05, 0.1) is 18.3 Å². The maximum atomic E-state index is 5.90. The largest absolute Gasteiger partial charge is 0.353 e. The minimum absolute atomic E-state index is 0. The van der Waals surface area contributed by atoms with Crippen molar-refractivity contribution in [3.05, 3.63) is 34.9 Å². The normalized spacial score (nSPS) is 18.9. The van der Waals surface area contributed by atoms with E-state index in [9.17, 15) is 0 Å². The summed E-state index contributed by atoms with van der Waals surface area (Å²) in [7, 11) is 0. The van der Waals surface area contributed by atoms with Crippen molar-refractivity contribution in [3.63, 3.8) is 0 Å². The molecular formula is C13H18Cl3N7. The molecule has 2 heterocycles. The van der Waals surface area contributed by atoms with Gasteiger partial charge in [0.15, 0.2) is 0 Å². The number of hydrazine groups is 1. The Balaban J connectivity index is 0.00000132. The zero-order valence-corrected chi connectivity index (χ0v) is 14.7. The highest BCUT2D eigenvalue weighted by Crippen LogP contribution is 2.14. The fourth-order valence-corrected chi connectivity index (χ4v) is 2.20. The smallest absolute Gasteiger partial charge is 0.231 e. The highest BCUT2D eigenvalue weighted by atomic mass is 35.5. The van der Waals surface area contributed by atoms with Crippen molar-refractivity contribution in [1.82, 2.24) is 21.6 Å². The SMILES string of the molecule is CC1N=C(NNC2=NCCN2)NN=C1c1ccc(Cl)cc1.Cl.Cl. The van der Waals surface area contributed by atoms with Gasteiger partial charge in [-0.15, -0.1) is 24.8 Å². The molecule has 0 aromatic heterocycles. The van der Waals surface area contributed by atoms with Crippen molar-refractivity contribution in [2.24, 2.45) is 15.1 Å². The lowest BCUT2D eigenvalue weighted by Gasteiger charge is -2.20. The van der Waals surface area contributed by atoms with Crippen LogP contribution in [0.5, 0.6) is 0 Å². The Morgan fingerprint density at radius 2 is 1.83 bits per heavy atom. The number of hydrogen-bond donors (Lipinski definition) is 4. The van der Waals surface area contributed by atoms with Gasteiger partial charge in [0, 0.05) is 17.1 Å². The first-order valence-electron chi connectivity index (χ1n) is 6.70. The molecule has 23 heavy (non-hydrogen) atoms. The van der Waals surface area contributed by atoms with E-state index in [1.54, 1.807) is 0 Å². The molecule has 2 aliphatic heterocycles. The molecule has 126 valence electrons. The molecule has 7 nitrogen and oxygen atoms in total. The molecule has 0 aliphatic carbocycles. The van der Waals surface area contributed by atoms with Crippen LogP contribution in [0, 0.1) is 0 Å². The Labute approximate surface area is 151 Å². The molecule has 1 unspecified atom stereocenters. The standard InChI is InChI=1S/C13H16ClN7.2ClH/c1-8-11(9-2-4-10(14)5-3-9)18-20-13(17-8)21-19-12-15-6-7-16-12;;/h2-5,8H,6-7H2,1H3,(H2,15,16,19)(H2,17,20,21);2*1H. The first kappa shape index (κ1) is 19.3. The molecule has 0 amide bonds. The summed E-state index contributed by atoms with van der Waals surface area (Å²) in [6.45, 7) is 3.61. The quantitative estimate of drug-likeness (QED) is 0.555. The highest BCUT2D eigenvalue weighted by Gasteiger charge is 2.18. The average molecular weight is 379 g/mol. The van der Waals surface area contributed by atoms with E-state index in [2.05, 4.69) is 36.7 Å². The third kappa shape index (κ3) is 4.89. The van der Waals surface area contributed by atoms with Gasteiger partial charge in [-0.1, -0.05) is 23.7 Å². The van der Waals surface area contributed by atoms with Gasteiger partial charge in [0.1, 0.15) is 0 Å². The van der Waals surface area contributed by atoms with Crippen molar-refractivity contribution < 1.29 is 0 Å². The van der Waals surface area contributed by atoms with E-state index in [4.69, 9.17) is 11.6 Å². The zero-order chi connectivity index (χ0) is 14.7. The lowest BCUT2D eigenvalue weighted by molar-refractivity contribution is 0.750. The Kier molecular flexibility index (Phi) is 7.41. The summed E-state index contributed by atoms with van der Waals surface area (Å²) in [4.78, 5) is 8.72. The molecule has 0 saturated carbocycles. The second kappa shape index (κ2) is 8.81. The van der Waals surface area contributed by atoms with Crippen LogP contribution in [0.2, 0.25) is 5.02 Å². The summed E-state index contributed by atoms with van der Waals surface area (Å²) in [5.74, 6) is 1.26. The molecule has 1 aromatic rings. The first-order chi connectivity index (χ1) is 10.2. The first-order valence-corrected chi connectivity index (χ1v) is 7.08. The predicted molar refractivity (Wildman–Crippen MR) is 99.1 cm³/mol. The second-order valence-electron chi connectivity index (χ2n) is 4.68. The molecule has 4 N–H and O–H groups in total.